The molecule has 6 nitrogen and oxygen atoms in total. The van der Waals surface area contributed by atoms with Crippen LogP contribution in [0.3, 0.4) is 0 Å². The van der Waals surface area contributed by atoms with Crippen molar-refractivity contribution < 1.29 is 23.1 Å². The maximum absolute atomic E-state index is 14.4. The zero-order chi connectivity index (χ0) is 30.1. The van der Waals surface area contributed by atoms with Gasteiger partial charge in [0.05, 0.1) is 18.8 Å². The second-order valence-electron chi connectivity index (χ2n) is 8.72. The van der Waals surface area contributed by atoms with Crippen molar-refractivity contribution in [2.75, 3.05) is 33.4 Å². The predicted octanol–water partition coefficient (Wildman–Crippen LogP) is 6.29. The number of morpholine rings is 1. The molecule has 2 heterocycles. The number of benzene rings is 1. The lowest BCUT2D eigenvalue weighted by Crippen LogP contribution is -2.40. The van der Waals surface area contributed by atoms with E-state index in [2.05, 4.69) is 38.6 Å². The van der Waals surface area contributed by atoms with Crippen LogP contribution in [-0.2, 0) is 9.53 Å². The van der Waals surface area contributed by atoms with Crippen molar-refractivity contribution in [3.63, 3.8) is 0 Å². The fraction of sp³-hybridized carbons (Fsp3) is 0.419. The normalized spacial score (nSPS) is 14.7. The van der Waals surface area contributed by atoms with Gasteiger partial charge in [0.2, 0.25) is 5.91 Å². The minimum absolute atomic E-state index is 0.0532. The van der Waals surface area contributed by atoms with Gasteiger partial charge in [0.15, 0.2) is 0 Å². The summed E-state index contributed by atoms with van der Waals surface area (Å²) in [6.07, 6.45) is 15.5. The summed E-state index contributed by atoms with van der Waals surface area (Å²) in [4.78, 5) is 26.2. The summed E-state index contributed by atoms with van der Waals surface area (Å²) in [7, 11) is 1.41. The molecule has 0 aliphatic carbocycles. The molecule has 1 saturated heterocycles. The summed E-state index contributed by atoms with van der Waals surface area (Å²) >= 11 is 0. The summed E-state index contributed by atoms with van der Waals surface area (Å²) in [5.74, 6) is -1.85. The van der Waals surface area contributed by atoms with Gasteiger partial charge >= 0.3 is 0 Å². The molecule has 214 valence electrons. The quantitative estimate of drug-likeness (QED) is 0.454. The Balaban J connectivity index is 0.000000796. The van der Waals surface area contributed by atoms with Crippen LogP contribution in [0, 0.1) is 24.5 Å². The Kier molecular flexibility index (Phi) is 16.8. The Bertz CT molecular complexity index is 1070. The van der Waals surface area contributed by atoms with E-state index in [9.17, 15) is 18.4 Å². The summed E-state index contributed by atoms with van der Waals surface area (Å²) in [6, 6.07) is 2.08. The third-order valence-electron chi connectivity index (χ3n) is 5.67. The minimum Gasteiger partial charge on any atom is -0.378 e. The summed E-state index contributed by atoms with van der Waals surface area (Å²) < 4.78 is 33.9. The van der Waals surface area contributed by atoms with E-state index in [1.807, 2.05) is 37.1 Å². The van der Waals surface area contributed by atoms with Gasteiger partial charge in [0, 0.05) is 49.7 Å². The number of hydrogen-bond acceptors (Lipinski definition) is 4. The van der Waals surface area contributed by atoms with Crippen LogP contribution < -0.4 is 5.32 Å². The Morgan fingerprint density at radius 3 is 2.03 bits per heavy atom. The van der Waals surface area contributed by atoms with Crippen molar-refractivity contribution in [1.29, 1.82) is 0 Å². The number of nitrogens with zero attached hydrogens (tertiary/aromatic N) is 2. The fourth-order valence-corrected chi connectivity index (χ4v) is 3.60. The van der Waals surface area contributed by atoms with Gasteiger partial charge in [-0.1, -0.05) is 33.8 Å². The fourth-order valence-electron chi connectivity index (χ4n) is 3.60. The Morgan fingerprint density at radius 1 is 1.08 bits per heavy atom. The Labute approximate surface area is 233 Å². The Hall–Kier alpha value is -3.70. The van der Waals surface area contributed by atoms with Gasteiger partial charge in [0.1, 0.15) is 11.6 Å². The molecule has 0 radical (unpaired) electrons. The van der Waals surface area contributed by atoms with Gasteiger partial charge in [-0.15, -0.1) is 12.8 Å². The van der Waals surface area contributed by atoms with Gasteiger partial charge in [-0.25, -0.2) is 8.78 Å². The molecule has 0 atom stereocenters. The maximum Gasteiger partial charge on any atom is 0.251 e. The van der Waals surface area contributed by atoms with E-state index < -0.39 is 17.5 Å². The third-order valence-corrected chi connectivity index (χ3v) is 5.67. The summed E-state index contributed by atoms with van der Waals surface area (Å²) in [5, 5.41) is 2.35. The minimum atomic E-state index is -0.774. The van der Waals surface area contributed by atoms with Crippen molar-refractivity contribution in [2.24, 2.45) is 0 Å². The number of carbonyl (C=O) groups excluding carboxylic acids is 2. The molecule has 2 amide bonds. The lowest BCUT2D eigenvalue weighted by molar-refractivity contribution is -0.134. The van der Waals surface area contributed by atoms with Crippen LogP contribution >= 0.6 is 0 Å². The van der Waals surface area contributed by atoms with Crippen LogP contribution in [0.15, 0.2) is 54.0 Å². The van der Waals surface area contributed by atoms with Crippen molar-refractivity contribution in [3.05, 3.63) is 76.8 Å². The molecule has 0 aromatic heterocycles. The number of allylic oxidation sites excluding steroid dienone is 5. The number of amides is 2. The van der Waals surface area contributed by atoms with Gasteiger partial charge < -0.3 is 19.9 Å². The molecular weight excluding hydrogens is 500 g/mol. The lowest BCUT2D eigenvalue weighted by Gasteiger charge is -2.27. The molecule has 1 aromatic carbocycles. The smallest absolute Gasteiger partial charge is 0.251 e. The predicted molar refractivity (Wildman–Crippen MR) is 155 cm³/mol. The molecule has 1 fully saturated rings. The Morgan fingerprint density at radius 2 is 1.59 bits per heavy atom. The second-order valence-corrected chi connectivity index (χ2v) is 8.72. The lowest BCUT2D eigenvalue weighted by atomic mass is 10.0. The number of terminal acetylenes is 1. The number of rotatable bonds is 4. The van der Waals surface area contributed by atoms with E-state index in [0.717, 1.165) is 36.5 Å². The first-order valence-corrected chi connectivity index (χ1v) is 12.9. The molecule has 0 spiro atoms. The second kappa shape index (κ2) is 18.5. The van der Waals surface area contributed by atoms with E-state index >= 15 is 0 Å². The third kappa shape index (κ3) is 10.9. The number of carbonyl (C=O) groups is 2. The standard InChI is InChI=1S/C19H20F2N2O.C7H13NO2.C3H8.C2H2/c1-11-6-7-23(12(2)8-11)14(4)13(3)18-16(20)9-15(10-17(18)21)19(24)22-5;1-2-7(9)8-3-5-10-6-4-8;1-3-2;1-2/h6-10H,2H2,1,3-5H3,(H,22,24);2-6H2,1H3;3H2,1-2H3;1-2H/b14-13+;;;. The highest BCUT2D eigenvalue weighted by atomic mass is 19.1. The molecule has 0 bridgehead atoms. The first-order chi connectivity index (χ1) is 18.5. The highest BCUT2D eigenvalue weighted by Crippen LogP contribution is 2.30. The topological polar surface area (TPSA) is 61.9 Å². The molecule has 8 heteroatoms. The van der Waals surface area contributed by atoms with Crippen molar-refractivity contribution in [2.45, 2.75) is 54.4 Å². The van der Waals surface area contributed by atoms with Gasteiger partial charge in [-0.2, -0.15) is 0 Å². The maximum atomic E-state index is 14.4. The van der Waals surface area contributed by atoms with Crippen molar-refractivity contribution >= 4 is 17.4 Å². The number of halogens is 2. The first kappa shape index (κ1) is 35.3. The van der Waals surface area contributed by atoms with Crippen LogP contribution in [0.4, 0.5) is 8.78 Å². The number of hydrogen-bond donors (Lipinski definition) is 1. The van der Waals surface area contributed by atoms with Gasteiger partial charge in [-0.3, -0.25) is 9.59 Å². The molecule has 0 unspecified atom stereocenters. The monoisotopic (exact) mass is 543 g/mol. The number of ether oxygens (including phenoxy) is 1. The summed E-state index contributed by atoms with van der Waals surface area (Å²) in [5.41, 5.74) is 2.66. The van der Waals surface area contributed by atoms with Crippen LogP contribution in [0.25, 0.3) is 5.57 Å². The first-order valence-electron chi connectivity index (χ1n) is 12.9. The number of nitrogens with one attached hydrogen (secondary N) is 1. The van der Waals surface area contributed by atoms with Crippen molar-refractivity contribution in [1.82, 2.24) is 15.1 Å². The van der Waals surface area contributed by atoms with E-state index in [0.29, 0.717) is 30.9 Å². The average molecular weight is 544 g/mol. The zero-order valence-corrected chi connectivity index (χ0v) is 24.4. The van der Waals surface area contributed by atoms with Crippen molar-refractivity contribution in [3.8, 4) is 12.8 Å². The average Bonchev–Trinajstić information content (AvgIpc) is 2.93. The molecule has 39 heavy (non-hydrogen) atoms. The molecule has 2 aliphatic heterocycles. The van der Waals surface area contributed by atoms with Crippen LogP contribution in [0.1, 0.15) is 70.3 Å². The molecular formula is C31H43F2N3O3. The van der Waals surface area contributed by atoms with E-state index in [1.54, 1.807) is 18.7 Å². The van der Waals surface area contributed by atoms with E-state index in [-0.39, 0.29) is 17.0 Å². The molecule has 1 aromatic rings. The SMILES string of the molecule is C#C.C=C1C=C(C)C=CN1/C(C)=C(\C)c1c(F)cc(C(=O)NC)cc1F.CCC.CCC(=O)N1CCOCC1. The molecule has 2 aliphatic rings. The highest BCUT2D eigenvalue weighted by molar-refractivity contribution is 5.94. The summed E-state index contributed by atoms with van der Waals surface area (Å²) in [6.45, 7) is 18.4. The van der Waals surface area contributed by atoms with Crippen LogP contribution in [0.5, 0.6) is 0 Å². The zero-order valence-electron chi connectivity index (χ0n) is 24.4. The van der Waals surface area contributed by atoms with E-state index in [1.165, 1.54) is 13.5 Å². The van der Waals surface area contributed by atoms with E-state index in [4.69, 9.17) is 4.74 Å². The molecule has 3 rings (SSSR count). The largest absolute Gasteiger partial charge is 0.378 e. The molecule has 0 saturated carbocycles. The van der Waals surface area contributed by atoms with Crippen LogP contribution in [-0.4, -0.2) is 55.0 Å². The molecule has 1 N–H and O–H groups in total. The van der Waals surface area contributed by atoms with Crippen LogP contribution in [0.2, 0.25) is 0 Å². The highest BCUT2D eigenvalue weighted by Gasteiger charge is 2.20. The van der Waals surface area contributed by atoms with Gasteiger partial charge in [-0.05, 0) is 56.2 Å². The van der Waals surface area contributed by atoms with Gasteiger partial charge in [0.25, 0.3) is 5.91 Å².